The lowest BCUT2D eigenvalue weighted by Gasteiger charge is -2.30. The van der Waals surface area contributed by atoms with Crippen molar-refractivity contribution in [2.24, 2.45) is 11.0 Å². The molecule has 3 amide bonds. The second-order valence-electron chi connectivity index (χ2n) is 5.38. The maximum Gasteiger partial charge on any atom is 0.271 e. The zero-order valence-electron chi connectivity index (χ0n) is 13.6. The van der Waals surface area contributed by atoms with Gasteiger partial charge >= 0.3 is 0 Å². The van der Waals surface area contributed by atoms with E-state index in [0.717, 1.165) is 6.21 Å². The van der Waals surface area contributed by atoms with Gasteiger partial charge in [0.25, 0.3) is 11.8 Å². The second kappa shape index (κ2) is 8.02. The van der Waals surface area contributed by atoms with Crippen molar-refractivity contribution in [3.63, 3.8) is 0 Å². The third-order valence-corrected chi connectivity index (χ3v) is 4.16. The number of amides is 3. The van der Waals surface area contributed by atoms with Gasteiger partial charge in [0.05, 0.1) is 5.69 Å². The average Bonchev–Trinajstić information content (AvgIpc) is 2.66. The highest BCUT2D eigenvalue weighted by Crippen LogP contribution is 2.22. The number of carbonyl (C=O) groups excluding carboxylic acids is 3. The van der Waals surface area contributed by atoms with E-state index in [9.17, 15) is 14.4 Å². The zero-order chi connectivity index (χ0) is 19.4. The number of aromatic nitrogens is 1. The van der Waals surface area contributed by atoms with Crippen LogP contribution < -0.4 is 15.6 Å². The Morgan fingerprint density at radius 3 is 2.56 bits per heavy atom. The Balaban J connectivity index is 1.75. The van der Waals surface area contributed by atoms with Crippen LogP contribution in [0.15, 0.2) is 53.9 Å². The van der Waals surface area contributed by atoms with Crippen LogP contribution in [0.2, 0.25) is 5.02 Å². The summed E-state index contributed by atoms with van der Waals surface area (Å²) in [5, 5.41) is 6.62. The van der Waals surface area contributed by atoms with E-state index in [1.807, 2.05) is 0 Å². The number of carbonyl (C=O) groups is 3. The first kappa shape index (κ1) is 18.6. The molecule has 1 aromatic heterocycles. The van der Waals surface area contributed by atoms with Crippen LogP contribution in [0.1, 0.15) is 10.4 Å². The average molecular weight is 402 g/mol. The van der Waals surface area contributed by atoms with Gasteiger partial charge in [0.15, 0.2) is 11.0 Å². The van der Waals surface area contributed by atoms with E-state index in [1.165, 1.54) is 29.4 Å². The number of nitrogens with one attached hydrogen (secondary N) is 2. The molecule has 0 saturated carbocycles. The third kappa shape index (κ3) is 4.15. The molecule has 0 bridgehead atoms. The second-order valence-corrected chi connectivity index (χ2v) is 6.20. The Morgan fingerprint density at radius 1 is 1.22 bits per heavy atom. The molecule has 8 nitrogen and oxygen atoms in total. The molecule has 1 aliphatic heterocycles. The van der Waals surface area contributed by atoms with Gasteiger partial charge in [-0.3, -0.25) is 24.3 Å². The SMILES string of the molecule is O=C(N/N=C\[C@H]1C(=O)NC(=S)N(c2ccc(Cl)cc2)C1=O)c1ccncc1. The van der Waals surface area contributed by atoms with Gasteiger partial charge in [0.1, 0.15) is 0 Å². The molecule has 1 fully saturated rings. The summed E-state index contributed by atoms with van der Waals surface area (Å²) in [6, 6.07) is 9.41. The summed E-state index contributed by atoms with van der Waals surface area (Å²) in [7, 11) is 0. The lowest BCUT2D eigenvalue weighted by Crippen LogP contribution is -2.58. The van der Waals surface area contributed by atoms with Crippen molar-refractivity contribution in [2.45, 2.75) is 0 Å². The van der Waals surface area contributed by atoms with Crippen LogP contribution in [-0.4, -0.2) is 34.0 Å². The Hall–Kier alpha value is -3.17. The molecule has 0 spiro atoms. The van der Waals surface area contributed by atoms with Crippen molar-refractivity contribution < 1.29 is 14.4 Å². The number of hydrogen-bond donors (Lipinski definition) is 2. The molecule has 2 aromatic rings. The van der Waals surface area contributed by atoms with E-state index in [-0.39, 0.29) is 5.11 Å². The summed E-state index contributed by atoms with van der Waals surface area (Å²) in [6.07, 6.45) is 3.98. The fourth-order valence-corrected chi connectivity index (χ4v) is 2.72. The molecule has 10 heteroatoms. The Labute approximate surface area is 164 Å². The molecule has 0 aliphatic carbocycles. The van der Waals surface area contributed by atoms with Crippen LogP contribution in [-0.2, 0) is 9.59 Å². The molecule has 2 N–H and O–H groups in total. The van der Waals surface area contributed by atoms with Crippen molar-refractivity contribution >= 4 is 58.6 Å². The van der Waals surface area contributed by atoms with E-state index < -0.39 is 23.6 Å². The van der Waals surface area contributed by atoms with Gasteiger partial charge in [-0.25, -0.2) is 5.43 Å². The van der Waals surface area contributed by atoms with Crippen molar-refractivity contribution in [3.8, 4) is 0 Å². The summed E-state index contributed by atoms with van der Waals surface area (Å²) in [5.41, 5.74) is 3.05. The van der Waals surface area contributed by atoms with Gasteiger partial charge in [0.2, 0.25) is 5.91 Å². The van der Waals surface area contributed by atoms with Crippen molar-refractivity contribution in [2.75, 3.05) is 4.90 Å². The predicted molar refractivity (Wildman–Crippen MR) is 103 cm³/mol. The lowest BCUT2D eigenvalue weighted by atomic mass is 10.1. The normalized spacial score (nSPS) is 17.1. The Morgan fingerprint density at radius 2 is 1.89 bits per heavy atom. The topological polar surface area (TPSA) is 104 Å². The zero-order valence-corrected chi connectivity index (χ0v) is 15.2. The number of anilines is 1. The van der Waals surface area contributed by atoms with Crippen molar-refractivity contribution in [3.05, 3.63) is 59.4 Å². The van der Waals surface area contributed by atoms with Gasteiger partial charge in [0, 0.05) is 29.2 Å². The number of nitrogens with zero attached hydrogens (tertiary/aromatic N) is 3. The number of benzene rings is 1. The molecule has 1 atom stereocenters. The van der Waals surface area contributed by atoms with Crippen LogP contribution >= 0.6 is 23.8 Å². The highest BCUT2D eigenvalue weighted by molar-refractivity contribution is 7.80. The van der Waals surface area contributed by atoms with Crippen molar-refractivity contribution in [1.29, 1.82) is 0 Å². The van der Waals surface area contributed by atoms with Crippen LogP contribution in [0.25, 0.3) is 0 Å². The summed E-state index contributed by atoms with van der Waals surface area (Å²) in [6.45, 7) is 0. The molecule has 27 heavy (non-hydrogen) atoms. The minimum absolute atomic E-state index is 0.0437. The molecule has 3 rings (SSSR count). The minimum Gasteiger partial charge on any atom is -0.301 e. The lowest BCUT2D eigenvalue weighted by molar-refractivity contribution is -0.130. The number of hydrogen-bond acceptors (Lipinski definition) is 6. The van der Waals surface area contributed by atoms with Gasteiger partial charge in [-0.1, -0.05) is 11.6 Å². The van der Waals surface area contributed by atoms with E-state index in [1.54, 1.807) is 24.3 Å². The smallest absolute Gasteiger partial charge is 0.271 e. The van der Waals surface area contributed by atoms with Gasteiger partial charge < -0.3 is 5.32 Å². The summed E-state index contributed by atoms with van der Waals surface area (Å²) < 4.78 is 0. The maximum atomic E-state index is 12.7. The number of halogens is 1. The van der Waals surface area contributed by atoms with Crippen LogP contribution in [0.4, 0.5) is 5.69 Å². The van der Waals surface area contributed by atoms with Gasteiger partial charge in [-0.2, -0.15) is 5.10 Å². The van der Waals surface area contributed by atoms with E-state index in [2.05, 4.69) is 20.8 Å². The molecule has 1 aliphatic rings. The fraction of sp³-hybridized carbons (Fsp3) is 0.0588. The minimum atomic E-state index is -1.25. The van der Waals surface area contributed by atoms with Gasteiger partial charge in [-0.15, -0.1) is 0 Å². The Bertz CT molecular complexity index is 933. The highest BCUT2D eigenvalue weighted by Gasteiger charge is 2.38. The van der Waals surface area contributed by atoms with Gasteiger partial charge in [-0.05, 0) is 48.6 Å². The first-order chi connectivity index (χ1) is 13.0. The quantitative estimate of drug-likeness (QED) is 0.350. The molecule has 0 unspecified atom stereocenters. The predicted octanol–water partition coefficient (Wildman–Crippen LogP) is 1.51. The number of pyridine rings is 1. The number of hydrazone groups is 1. The molecule has 1 saturated heterocycles. The van der Waals surface area contributed by atoms with Crippen LogP contribution in [0.5, 0.6) is 0 Å². The standard InChI is InChI=1S/C17H12ClN5O3S/c18-11-1-3-12(4-2-11)23-16(26)13(15(25)21-17(23)27)9-20-22-14(24)10-5-7-19-8-6-10/h1-9,13H,(H,22,24)(H,21,25,27)/b20-9-/t13-/m0/s1. The first-order valence-electron chi connectivity index (χ1n) is 7.65. The summed E-state index contributed by atoms with van der Waals surface area (Å²) in [5.74, 6) is -2.96. The van der Waals surface area contributed by atoms with E-state index in [4.69, 9.17) is 23.8 Å². The summed E-state index contributed by atoms with van der Waals surface area (Å²) in [4.78, 5) is 41.7. The highest BCUT2D eigenvalue weighted by atomic mass is 35.5. The summed E-state index contributed by atoms with van der Waals surface area (Å²) >= 11 is 10.9. The van der Waals surface area contributed by atoms with Crippen molar-refractivity contribution in [1.82, 2.24) is 15.7 Å². The van der Waals surface area contributed by atoms with E-state index >= 15 is 0 Å². The molecule has 0 radical (unpaired) electrons. The molecular weight excluding hydrogens is 390 g/mol. The molecule has 136 valence electrons. The van der Waals surface area contributed by atoms with Crippen LogP contribution in [0, 0.1) is 5.92 Å². The Kier molecular flexibility index (Phi) is 5.53. The largest absolute Gasteiger partial charge is 0.301 e. The number of thiocarbonyl (C=S) groups is 1. The monoisotopic (exact) mass is 401 g/mol. The first-order valence-corrected chi connectivity index (χ1v) is 8.44. The maximum absolute atomic E-state index is 12.7. The van der Waals surface area contributed by atoms with Crippen LogP contribution in [0.3, 0.4) is 0 Å². The third-order valence-electron chi connectivity index (χ3n) is 3.62. The number of rotatable bonds is 4. The molecule has 2 heterocycles. The molecular formula is C17H12ClN5O3S. The molecule has 1 aromatic carbocycles. The fourth-order valence-electron chi connectivity index (χ4n) is 2.29. The van der Waals surface area contributed by atoms with E-state index in [0.29, 0.717) is 16.3 Å².